The molecule has 0 atom stereocenters. The Morgan fingerprint density at radius 3 is 2.70 bits per heavy atom. The van der Waals surface area contributed by atoms with Gasteiger partial charge in [0.05, 0.1) is 6.54 Å². The van der Waals surface area contributed by atoms with E-state index in [2.05, 4.69) is 15.4 Å². The maximum absolute atomic E-state index is 12.2. The number of carbonyl (C=O) groups excluding carboxylic acids is 1. The Hall–Kier alpha value is -3.15. The summed E-state index contributed by atoms with van der Waals surface area (Å²) in [5.41, 5.74) is 0.553. The molecule has 0 aliphatic carbocycles. The molecule has 23 heavy (non-hydrogen) atoms. The Morgan fingerprint density at radius 1 is 1.09 bits per heavy atom. The molecule has 0 aliphatic rings. The van der Waals surface area contributed by atoms with E-state index >= 15 is 0 Å². The minimum atomic E-state index is -0.149. The van der Waals surface area contributed by atoms with E-state index in [1.54, 1.807) is 29.2 Å². The second-order valence-electron chi connectivity index (χ2n) is 4.86. The maximum Gasteiger partial charge on any atom is 0.251 e. The van der Waals surface area contributed by atoms with Crippen molar-refractivity contribution in [3.05, 3.63) is 72.8 Å². The largest absolute Gasteiger partial charge is 0.457 e. The van der Waals surface area contributed by atoms with Gasteiger partial charge < -0.3 is 10.1 Å². The van der Waals surface area contributed by atoms with E-state index < -0.39 is 0 Å². The number of para-hydroxylation sites is 1. The monoisotopic (exact) mass is 308 g/mol. The molecule has 0 unspecified atom stereocenters. The Balaban J connectivity index is 1.59. The van der Waals surface area contributed by atoms with E-state index in [-0.39, 0.29) is 5.91 Å². The number of hydrogen-bond acceptors (Lipinski definition) is 4. The number of nitrogens with zero attached hydrogens (tertiary/aromatic N) is 3. The van der Waals surface area contributed by atoms with Crippen LogP contribution in [0.3, 0.4) is 0 Å². The van der Waals surface area contributed by atoms with Crippen LogP contribution in [0, 0.1) is 0 Å². The number of rotatable bonds is 6. The van der Waals surface area contributed by atoms with E-state index in [4.69, 9.17) is 4.74 Å². The summed E-state index contributed by atoms with van der Waals surface area (Å²) in [4.78, 5) is 16.0. The van der Waals surface area contributed by atoms with Gasteiger partial charge in [-0.1, -0.05) is 24.3 Å². The lowest BCUT2D eigenvalue weighted by Gasteiger charge is -2.08. The average Bonchev–Trinajstić information content (AvgIpc) is 3.09. The first-order valence-corrected chi connectivity index (χ1v) is 7.25. The van der Waals surface area contributed by atoms with Crippen LogP contribution in [0.25, 0.3) is 0 Å². The van der Waals surface area contributed by atoms with E-state index in [0.717, 1.165) is 5.75 Å². The zero-order valence-corrected chi connectivity index (χ0v) is 12.4. The fraction of sp³-hybridized carbons (Fsp3) is 0.118. The zero-order valence-electron chi connectivity index (χ0n) is 12.4. The Labute approximate surface area is 133 Å². The number of carbonyl (C=O) groups is 1. The number of aromatic nitrogens is 3. The minimum Gasteiger partial charge on any atom is -0.457 e. The molecule has 0 radical (unpaired) electrons. The number of amides is 1. The van der Waals surface area contributed by atoms with Crippen LogP contribution in [0.15, 0.2) is 67.3 Å². The average molecular weight is 308 g/mol. The Morgan fingerprint density at radius 2 is 1.91 bits per heavy atom. The van der Waals surface area contributed by atoms with Crippen LogP contribution < -0.4 is 10.1 Å². The third-order valence-corrected chi connectivity index (χ3v) is 3.17. The molecule has 3 aromatic rings. The molecule has 3 rings (SSSR count). The van der Waals surface area contributed by atoms with Crippen molar-refractivity contribution >= 4 is 5.91 Å². The van der Waals surface area contributed by atoms with Crippen molar-refractivity contribution in [3.63, 3.8) is 0 Å². The summed E-state index contributed by atoms with van der Waals surface area (Å²) in [6.07, 6.45) is 3.08. The van der Waals surface area contributed by atoms with Gasteiger partial charge in [-0.2, -0.15) is 5.10 Å². The van der Waals surface area contributed by atoms with Crippen molar-refractivity contribution in [1.82, 2.24) is 20.1 Å². The lowest BCUT2D eigenvalue weighted by Crippen LogP contribution is -2.27. The van der Waals surface area contributed by atoms with Gasteiger partial charge >= 0.3 is 0 Å². The highest BCUT2D eigenvalue weighted by molar-refractivity contribution is 5.94. The van der Waals surface area contributed by atoms with E-state index in [9.17, 15) is 4.79 Å². The van der Waals surface area contributed by atoms with Crippen molar-refractivity contribution in [2.45, 2.75) is 6.54 Å². The lowest BCUT2D eigenvalue weighted by atomic mass is 10.2. The summed E-state index contributed by atoms with van der Waals surface area (Å²) in [6, 6.07) is 16.5. The number of ether oxygens (including phenoxy) is 1. The van der Waals surface area contributed by atoms with Gasteiger partial charge in [-0.25, -0.2) is 4.98 Å². The Bertz CT molecular complexity index is 757. The van der Waals surface area contributed by atoms with Crippen LogP contribution in [-0.2, 0) is 6.54 Å². The third-order valence-electron chi connectivity index (χ3n) is 3.17. The van der Waals surface area contributed by atoms with Crippen LogP contribution in [-0.4, -0.2) is 27.2 Å². The van der Waals surface area contributed by atoms with Crippen molar-refractivity contribution in [2.75, 3.05) is 6.54 Å². The molecule has 0 saturated heterocycles. The predicted molar refractivity (Wildman–Crippen MR) is 85.3 cm³/mol. The first kappa shape index (κ1) is 14.8. The molecule has 1 aromatic heterocycles. The van der Waals surface area contributed by atoms with Crippen molar-refractivity contribution in [3.8, 4) is 11.5 Å². The molecule has 0 spiro atoms. The molecule has 6 nitrogen and oxygen atoms in total. The summed E-state index contributed by atoms with van der Waals surface area (Å²) >= 11 is 0. The smallest absolute Gasteiger partial charge is 0.251 e. The quantitative estimate of drug-likeness (QED) is 0.759. The number of hydrogen-bond donors (Lipinski definition) is 1. The van der Waals surface area contributed by atoms with Crippen molar-refractivity contribution < 1.29 is 9.53 Å². The molecular weight excluding hydrogens is 292 g/mol. The highest BCUT2D eigenvalue weighted by Gasteiger charge is 2.07. The SMILES string of the molecule is O=C(NCCn1cncn1)c1cccc(Oc2ccccc2)c1. The van der Waals surface area contributed by atoms with Gasteiger partial charge in [0.15, 0.2) is 0 Å². The fourth-order valence-electron chi connectivity index (χ4n) is 2.06. The molecule has 0 saturated carbocycles. The van der Waals surface area contributed by atoms with Crippen LogP contribution >= 0.6 is 0 Å². The fourth-order valence-corrected chi connectivity index (χ4v) is 2.06. The van der Waals surface area contributed by atoms with E-state index in [0.29, 0.717) is 24.4 Å². The second-order valence-corrected chi connectivity index (χ2v) is 4.86. The topological polar surface area (TPSA) is 69.0 Å². The summed E-state index contributed by atoms with van der Waals surface area (Å²) < 4.78 is 7.39. The summed E-state index contributed by atoms with van der Waals surface area (Å²) in [5, 5.41) is 6.83. The van der Waals surface area contributed by atoms with E-state index in [1.807, 2.05) is 36.4 Å². The lowest BCUT2D eigenvalue weighted by molar-refractivity contribution is 0.0951. The number of benzene rings is 2. The molecule has 0 fully saturated rings. The van der Waals surface area contributed by atoms with Crippen LogP contribution in [0.2, 0.25) is 0 Å². The molecule has 0 aliphatic heterocycles. The molecule has 1 N–H and O–H groups in total. The van der Waals surface area contributed by atoms with Gasteiger partial charge in [-0.3, -0.25) is 9.48 Å². The molecule has 1 heterocycles. The van der Waals surface area contributed by atoms with Gasteiger partial charge in [-0.15, -0.1) is 0 Å². The van der Waals surface area contributed by atoms with Gasteiger partial charge in [0.1, 0.15) is 24.2 Å². The molecular formula is C17H16N4O2. The van der Waals surface area contributed by atoms with Gasteiger partial charge in [0.25, 0.3) is 5.91 Å². The number of nitrogens with one attached hydrogen (secondary N) is 1. The van der Waals surface area contributed by atoms with Crippen molar-refractivity contribution in [1.29, 1.82) is 0 Å². The third kappa shape index (κ3) is 4.16. The normalized spacial score (nSPS) is 10.3. The van der Waals surface area contributed by atoms with Crippen LogP contribution in [0.1, 0.15) is 10.4 Å². The van der Waals surface area contributed by atoms with Gasteiger partial charge in [-0.05, 0) is 30.3 Å². The minimum absolute atomic E-state index is 0.149. The predicted octanol–water partition coefficient (Wildman–Crippen LogP) is 2.50. The molecule has 0 bridgehead atoms. The molecule has 1 amide bonds. The molecule has 116 valence electrons. The second kappa shape index (κ2) is 7.22. The van der Waals surface area contributed by atoms with E-state index in [1.165, 1.54) is 6.33 Å². The van der Waals surface area contributed by atoms with Gasteiger partial charge in [0, 0.05) is 12.1 Å². The summed E-state index contributed by atoms with van der Waals surface area (Å²) in [6.45, 7) is 1.05. The van der Waals surface area contributed by atoms with Crippen molar-refractivity contribution in [2.24, 2.45) is 0 Å². The Kier molecular flexibility index (Phi) is 4.63. The highest BCUT2D eigenvalue weighted by Crippen LogP contribution is 2.21. The molecule has 6 heteroatoms. The first-order chi connectivity index (χ1) is 11.3. The van der Waals surface area contributed by atoms with Gasteiger partial charge in [0.2, 0.25) is 0 Å². The summed E-state index contributed by atoms with van der Waals surface area (Å²) in [5.74, 6) is 1.21. The highest BCUT2D eigenvalue weighted by atomic mass is 16.5. The maximum atomic E-state index is 12.2. The standard InChI is InChI=1S/C17H16N4O2/c22-17(19-9-10-21-13-18-12-20-21)14-5-4-8-16(11-14)23-15-6-2-1-3-7-15/h1-8,11-13H,9-10H2,(H,19,22). The summed E-state index contributed by atoms with van der Waals surface area (Å²) in [7, 11) is 0. The zero-order chi connectivity index (χ0) is 15.9. The molecule has 2 aromatic carbocycles. The van der Waals surface area contributed by atoms with Crippen LogP contribution in [0.4, 0.5) is 0 Å². The first-order valence-electron chi connectivity index (χ1n) is 7.25. The van der Waals surface area contributed by atoms with Crippen LogP contribution in [0.5, 0.6) is 11.5 Å².